The van der Waals surface area contributed by atoms with Crippen LogP contribution in [0.15, 0.2) is 34.8 Å². The molecule has 5 rings (SSSR count). The van der Waals surface area contributed by atoms with E-state index in [1.54, 1.807) is 21.4 Å². The van der Waals surface area contributed by atoms with Crippen molar-refractivity contribution in [2.24, 2.45) is 10.9 Å². The minimum absolute atomic E-state index is 0.0104. The minimum Gasteiger partial charge on any atom is -0.478 e. The van der Waals surface area contributed by atoms with Crippen molar-refractivity contribution in [1.82, 2.24) is 24.8 Å². The summed E-state index contributed by atoms with van der Waals surface area (Å²) < 4.78 is 3.51. The molecule has 9 N–H and O–H groups in total. The van der Waals surface area contributed by atoms with Crippen molar-refractivity contribution < 1.29 is 38.8 Å². The van der Waals surface area contributed by atoms with Gasteiger partial charge in [-0.05, 0) is 31.0 Å². The van der Waals surface area contributed by atoms with Gasteiger partial charge in [-0.25, -0.2) is 19.1 Å². The largest absolute Gasteiger partial charge is 0.478 e. The number of thiazole rings is 1. The summed E-state index contributed by atoms with van der Waals surface area (Å²) in [5.74, 6) is -3.80. The molecule has 0 bridgehead atoms. The van der Waals surface area contributed by atoms with Gasteiger partial charge in [-0.1, -0.05) is 28.1 Å². The number of hydrogen-bond donors (Lipinski definition) is 6. The van der Waals surface area contributed by atoms with Crippen LogP contribution >= 0.6 is 34.7 Å². The predicted molar refractivity (Wildman–Crippen MR) is 164 cm³/mol. The minimum atomic E-state index is -1.42. The van der Waals surface area contributed by atoms with E-state index in [0.717, 1.165) is 21.8 Å². The van der Waals surface area contributed by atoms with Crippen molar-refractivity contribution in [3.63, 3.8) is 0 Å². The number of carbonyl (C=O) groups excluding carboxylic acids is 2. The van der Waals surface area contributed by atoms with Crippen LogP contribution in [0.1, 0.15) is 19.5 Å². The number of aromatic nitrogens is 4. The van der Waals surface area contributed by atoms with Gasteiger partial charge in [0.05, 0.1) is 6.20 Å². The highest BCUT2D eigenvalue weighted by Crippen LogP contribution is 2.40. The average Bonchev–Trinajstić information content (AvgIpc) is 3.48. The number of imidazole rings is 1. The Bertz CT molecular complexity index is 1790. The summed E-state index contributed by atoms with van der Waals surface area (Å²) in [7, 11) is 0. The number of carboxylic acids is 2. The predicted octanol–water partition coefficient (Wildman–Crippen LogP) is -0.422. The SMILES string of the molecule is C[C@H](N)Cn1c(N)nc2c1ccc[n+]2CC1=C(C(=O)O)N2C(=O)C(NC(=O)/C(=N\O[C@@H](C)C(=O)O)c3nc(N)sc3Cl)C2SC1. The Hall–Kier alpha value is -4.46. The molecular formula is C25H28ClN10O7S2+. The van der Waals surface area contributed by atoms with E-state index in [4.69, 9.17) is 38.7 Å². The number of pyridine rings is 1. The van der Waals surface area contributed by atoms with Crippen molar-refractivity contribution in [2.75, 3.05) is 17.2 Å². The number of amides is 2. The molecule has 2 unspecified atom stereocenters. The fourth-order valence-electron chi connectivity index (χ4n) is 4.81. The van der Waals surface area contributed by atoms with Crippen molar-refractivity contribution in [3.05, 3.63) is 39.6 Å². The Morgan fingerprint density at radius 2 is 2.02 bits per heavy atom. The first-order chi connectivity index (χ1) is 21.3. The summed E-state index contributed by atoms with van der Waals surface area (Å²) in [6.45, 7) is 3.57. The highest BCUT2D eigenvalue weighted by molar-refractivity contribution is 8.00. The molecule has 17 nitrogen and oxygen atoms in total. The van der Waals surface area contributed by atoms with Gasteiger partial charge in [-0.15, -0.1) is 11.8 Å². The second kappa shape index (κ2) is 12.5. The number of thioether (sulfide) groups is 1. The zero-order valence-corrected chi connectivity index (χ0v) is 26.1. The summed E-state index contributed by atoms with van der Waals surface area (Å²) >= 11 is 8.27. The van der Waals surface area contributed by atoms with Crippen LogP contribution in [0.2, 0.25) is 4.34 Å². The van der Waals surface area contributed by atoms with Gasteiger partial charge in [0.15, 0.2) is 10.8 Å². The zero-order chi connectivity index (χ0) is 32.7. The Labute approximate surface area is 267 Å². The number of nitrogen functional groups attached to an aromatic ring is 2. The molecule has 0 aliphatic carbocycles. The van der Waals surface area contributed by atoms with Gasteiger partial charge < -0.3 is 37.6 Å². The maximum atomic E-state index is 13.3. The lowest BCUT2D eigenvalue weighted by atomic mass is 10.0. The number of rotatable bonds is 11. The quantitative estimate of drug-likeness (QED) is 0.0652. The maximum absolute atomic E-state index is 13.3. The average molecular weight is 680 g/mol. The second-order valence-corrected chi connectivity index (χ2v) is 13.0. The van der Waals surface area contributed by atoms with E-state index in [-0.39, 0.29) is 45.1 Å². The molecular weight excluding hydrogens is 652 g/mol. The molecule has 2 amide bonds. The summed E-state index contributed by atoms with van der Waals surface area (Å²) in [4.78, 5) is 64.8. The third-order valence-corrected chi connectivity index (χ3v) is 9.29. The summed E-state index contributed by atoms with van der Waals surface area (Å²) in [5, 5.41) is 24.7. The third kappa shape index (κ3) is 6.10. The van der Waals surface area contributed by atoms with Gasteiger partial charge >= 0.3 is 23.5 Å². The molecule has 238 valence electrons. The number of halogens is 1. The first kappa shape index (κ1) is 31.9. The van der Waals surface area contributed by atoms with Crippen molar-refractivity contribution >= 4 is 86.4 Å². The summed E-state index contributed by atoms with van der Waals surface area (Å²) in [6.07, 6.45) is 0.316. The highest BCUT2D eigenvalue weighted by atomic mass is 35.5. The Balaban J connectivity index is 1.40. The van der Waals surface area contributed by atoms with Crippen LogP contribution in [0.3, 0.4) is 0 Å². The Kier molecular flexibility index (Phi) is 8.88. The molecule has 2 aliphatic rings. The molecule has 1 saturated heterocycles. The molecule has 3 aromatic heterocycles. The number of oxime groups is 1. The van der Waals surface area contributed by atoms with E-state index < -0.39 is 47.0 Å². The molecule has 0 saturated carbocycles. The van der Waals surface area contributed by atoms with E-state index in [0.29, 0.717) is 17.8 Å². The molecule has 1 fully saturated rings. The number of nitrogens with one attached hydrogen (secondary N) is 1. The van der Waals surface area contributed by atoms with Crippen LogP contribution in [0.25, 0.3) is 11.2 Å². The van der Waals surface area contributed by atoms with Crippen LogP contribution in [-0.4, -0.2) is 88.4 Å². The van der Waals surface area contributed by atoms with Gasteiger partial charge in [0.2, 0.25) is 6.10 Å². The van der Waals surface area contributed by atoms with Crippen LogP contribution < -0.4 is 27.1 Å². The number of carboxylic acid groups (broad SMARTS) is 2. The number of nitrogens with two attached hydrogens (primary N) is 3. The van der Waals surface area contributed by atoms with Gasteiger partial charge in [0.25, 0.3) is 11.8 Å². The van der Waals surface area contributed by atoms with E-state index >= 15 is 0 Å². The number of aliphatic carboxylic acids is 2. The van der Waals surface area contributed by atoms with Crippen LogP contribution in [-0.2, 0) is 37.1 Å². The number of carbonyl (C=O) groups is 4. The van der Waals surface area contributed by atoms with E-state index in [1.807, 2.05) is 13.0 Å². The molecule has 45 heavy (non-hydrogen) atoms. The van der Waals surface area contributed by atoms with Crippen LogP contribution in [0.4, 0.5) is 11.1 Å². The van der Waals surface area contributed by atoms with E-state index in [1.165, 1.54) is 18.7 Å². The zero-order valence-electron chi connectivity index (χ0n) is 23.7. The lowest BCUT2D eigenvalue weighted by Crippen LogP contribution is -2.71. The first-order valence-corrected chi connectivity index (χ1v) is 15.5. The topological polar surface area (TPSA) is 258 Å². The number of fused-ring (bicyclic) bond motifs is 2. The smallest absolute Gasteiger partial charge is 0.352 e. The fourth-order valence-corrected chi connectivity index (χ4v) is 7.08. The molecule has 2 aliphatic heterocycles. The molecule has 5 heterocycles. The van der Waals surface area contributed by atoms with Gasteiger partial charge in [-0.2, -0.15) is 0 Å². The normalized spacial score (nSPS) is 19.6. The van der Waals surface area contributed by atoms with Gasteiger partial charge in [-0.3, -0.25) is 19.1 Å². The van der Waals surface area contributed by atoms with Crippen LogP contribution in [0.5, 0.6) is 0 Å². The van der Waals surface area contributed by atoms with E-state index in [9.17, 15) is 24.3 Å². The third-order valence-electron chi connectivity index (χ3n) is 6.87. The van der Waals surface area contributed by atoms with Gasteiger partial charge in [0, 0.05) is 23.9 Å². The monoisotopic (exact) mass is 679 g/mol. The van der Waals surface area contributed by atoms with Crippen molar-refractivity contribution in [2.45, 2.75) is 50.5 Å². The van der Waals surface area contributed by atoms with Crippen molar-refractivity contribution in [1.29, 1.82) is 0 Å². The standard InChI is InChI=1S/C25H27ClN10O7S2/c1-9(27)6-35-12-4-3-5-34(18(12)32-24(35)28)7-11-8-44-21-15(20(38)36(21)16(11)23(41)42)30-19(37)14(33-43-10(2)22(39)40)13-17(26)45-25(29)31-13/h3-5,9-10,15,21,28H,6-8,27H2,1-2H3,(H5,29,30,31,37,39,40,41,42)/p+1/b33-14-/t9-,10-,15?,21?/m0/s1. The van der Waals surface area contributed by atoms with Crippen molar-refractivity contribution in [3.8, 4) is 0 Å². The number of anilines is 2. The number of hydrogen-bond acceptors (Lipinski definition) is 13. The van der Waals surface area contributed by atoms with Gasteiger partial charge in [0.1, 0.15) is 39.2 Å². The number of β-lactam (4-membered cyclic amide) rings is 1. The molecule has 0 spiro atoms. The Morgan fingerprint density at radius 3 is 2.64 bits per heavy atom. The molecule has 0 aromatic carbocycles. The Morgan fingerprint density at radius 1 is 1.29 bits per heavy atom. The summed E-state index contributed by atoms with van der Waals surface area (Å²) in [5.41, 5.74) is 18.6. The first-order valence-electron chi connectivity index (χ1n) is 13.3. The van der Waals surface area contributed by atoms with Crippen LogP contribution in [0, 0.1) is 0 Å². The number of nitrogens with zero attached hydrogens (tertiary/aromatic N) is 6. The molecule has 0 radical (unpaired) electrons. The molecule has 20 heteroatoms. The maximum Gasteiger partial charge on any atom is 0.352 e. The fraction of sp³-hybridized carbons (Fsp3) is 0.360. The van der Waals surface area contributed by atoms with E-state index in [2.05, 4.69) is 20.4 Å². The second-order valence-electron chi connectivity index (χ2n) is 10.2. The lowest BCUT2D eigenvalue weighted by molar-refractivity contribution is -0.664. The lowest BCUT2D eigenvalue weighted by Gasteiger charge is -2.49. The highest BCUT2D eigenvalue weighted by Gasteiger charge is 2.54. The molecule has 3 aromatic rings. The summed E-state index contributed by atoms with van der Waals surface area (Å²) in [6, 6.07) is 2.29. The molecule has 4 atom stereocenters.